The summed E-state index contributed by atoms with van der Waals surface area (Å²) in [5.41, 5.74) is 4.15. The third kappa shape index (κ3) is 7.54. The molecular weight excluding hydrogens is 339 g/mol. The quantitative estimate of drug-likeness (QED) is 0.346. The van der Waals surface area contributed by atoms with Crippen LogP contribution in [0.25, 0.3) is 11.6 Å². The van der Waals surface area contributed by atoms with Crippen LogP contribution in [0.5, 0.6) is 0 Å². The van der Waals surface area contributed by atoms with Crippen LogP contribution in [0.2, 0.25) is 0 Å². The van der Waals surface area contributed by atoms with E-state index in [-0.39, 0.29) is 5.82 Å². The molecule has 1 aromatic rings. The minimum Gasteiger partial charge on any atom is -0.478 e. The van der Waals surface area contributed by atoms with Crippen molar-refractivity contribution in [3.63, 3.8) is 0 Å². The lowest BCUT2D eigenvalue weighted by atomic mass is 9.89. The van der Waals surface area contributed by atoms with E-state index in [1.807, 2.05) is 0 Å². The zero-order valence-corrected chi connectivity index (χ0v) is 17.3. The SMILES string of the molecule is CCC/C(C)=C/C(=C(/C)CC(C)CCC)c1cccc(/C=C/C(=O)O)c1F. The standard InChI is InChI=1S/C24H33FO2/c1-6-9-17(3)15-19(5)22(16-18(4)10-7-2)21-12-8-11-20(24(21)25)13-14-23(26)27/h8,11-14,16-17H,6-7,9-10,15H2,1-5H3,(H,26,27)/b14-13+,18-16+,22-19+. The number of allylic oxidation sites excluding steroid dienone is 4. The Bertz CT molecular complexity index is 726. The predicted octanol–water partition coefficient (Wildman–Crippen LogP) is 7.27. The smallest absolute Gasteiger partial charge is 0.328 e. The van der Waals surface area contributed by atoms with E-state index in [2.05, 4.69) is 40.7 Å². The van der Waals surface area contributed by atoms with E-state index in [0.29, 0.717) is 17.0 Å². The molecule has 1 aromatic carbocycles. The van der Waals surface area contributed by atoms with Gasteiger partial charge in [-0.05, 0) is 44.3 Å². The highest BCUT2D eigenvalue weighted by Crippen LogP contribution is 2.31. The maximum atomic E-state index is 15.1. The van der Waals surface area contributed by atoms with Crippen molar-refractivity contribution in [2.75, 3.05) is 0 Å². The molecule has 0 spiro atoms. The van der Waals surface area contributed by atoms with Gasteiger partial charge in [-0.15, -0.1) is 0 Å². The Morgan fingerprint density at radius 3 is 2.52 bits per heavy atom. The maximum Gasteiger partial charge on any atom is 0.328 e. The normalized spacial score (nSPS) is 14.4. The van der Waals surface area contributed by atoms with Crippen LogP contribution in [0, 0.1) is 11.7 Å². The van der Waals surface area contributed by atoms with Crippen molar-refractivity contribution in [2.45, 2.75) is 66.7 Å². The Labute approximate surface area is 163 Å². The molecule has 0 amide bonds. The summed E-state index contributed by atoms with van der Waals surface area (Å²) in [6, 6.07) is 5.17. The van der Waals surface area contributed by atoms with Gasteiger partial charge in [0.25, 0.3) is 0 Å². The van der Waals surface area contributed by atoms with Crippen LogP contribution in [0.1, 0.15) is 77.8 Å². The number of hydrogen-bond acceptors (Lipinski definition) is 1. The second-order valence-electron chi connectivity index (χ2n) is 7.41. The predicted molar refractivity (Wildman–Crippen MR) is 113 cm³/mol. The fourth-order valence-electron chi connectivity index (χ4n) is 3.42. The zero-order valence-electron chi connectivity index (χ0n) is 17.3. The van der Waals surface area contributed by atoms with Gasteiger partial charge in [-0.2, -0.15) is 0 Å². The molecule has 1 N–H and O–H groups in total. The van der Waals surface area contributed by atoms with Crippen LogP contribution in [-0.4, -0.2) is 11.1 Å². The lowest BCUT2D eigenvalue weighted by molar-refractivity contribution is -0.131. The van der Waals surface area contributed by atoms with E-state index in [1.165, 1.54) is 17.2 Å². The molecule has 0 aliphatic rings. The molecule has 0 aliphatic heterocycles. The maximum absolute atomic E-state index is 15.1. The first-order valence-electron chi connectivity index (χ1n) is 9.86. The average molecular weight is 373 g/mol. The van der Waals surface area contributed by atoms with Crippen LogP contribution in [0.3, 0.4) is 0 Å². The summed E-state index contributed by atoms with van der Waals surface area (Å²) in [6.45, 7) is 10.7. The summed E-state index contributed by atoms with van der Waals surface area (Å²) in [7, 11) is 0. The molecule has 0 aliphatic carbocycles. The molecule has 0 heterocycles. The third-order valence-corrected chi connectivity index (χ3v) is 4.66. The van der Waals surface area contributed by atoms with Crippen molar-refractivity contribution < 1.29 is 14.3 Å². The fraction of sp³-hybridized carbons (Fsp3) is 0.458. The largest absolute Gasteiger partial charge is 0.478 e. The average Bonchev–Trinajstić information content (AvgIpc) is 2.59. The molecule has 1 rings (SSSR count). The molecule has 3 heteroatoms. The van der Waals surface area contributed by atoms with Crippen LogP contribution in [0.4, 0.5) is 4.39 Å². The van der Waals surface area contributed by atoms with Gasteiger partial charge in [0.1, 0.15) is 5.82 Å². The van der Waals surface area contributed by atoms with E-state index in [9.17, 15) is 4.79 Å². The number of aliphatic carboxylic acids is 1. The molecule has 0 saturated heterocycles. The fourth-order valence-corrected chi connectivity index (χ4v) is 3.42. The first-order chi connectivity index (χ1) is 12.8. The van der Waals surface area contributed by atoms with Crippen LogP contribution < -0.4 is 0 Å². The highest BCUT2D eigenvalue weighted by molar-refractivity contribution is 5.86. The summed E-state index contributed by atoms with van der Waals surface area (Å²) in [4.78, 5) is 10.8. The lowest BCUT2D eigenvalue weighted by Gasteiger charge is -2.16. The molecule has 0 saturated carbocycles. The van der Waals surface area contributed by atoms with E-state index >= 15 is 4.39 Å². The van der Waals surface area contributed by atoms with Crippen LogP contribution >= 0.6 is 0 Å². The number of hydrogen-bond donors (Lipinski definition) is 1. The van der Waals surface area contributed by atoms with E-state index in [4.69, 9.17) is 5.11 Å². The van der Waals surface area contributed by atoms with Gasteiger partial charge in [-0.1, -0.05) is 75.5 Å². The molecule has 1 atom stereocenters. The minimum atomic E-state index is -1.08. The number of benzene rings is 1. The van der Waals surface area contributed by atoms with E-state index in [1.54, 1.807) is 18.2 Å². The molecule has 148 valence electrons. The van der Waals surface area contributed by atoms with Gasteiger partial charge in [0, 0.05) is 17.2 Å². The molecule has 27 heavy (non-hydrogen) atoms. The Kier molecular flexibility index (Phi) is 9.77. The molecule has 0 fully saturated rings. The Balaban J connectivity index is 3.45. The Morgan fingerprint density at radius 2 is 1.93 bits per heavy atom. The third-order valence-electron chi connectivity index (χ3n) is 4.66. The van der Waals surface area contributed by atoms with Gasteiger partial charge >= 0.3 is 5.97 Å². The number of carbonyl (C=O) groups is 1. The lowest BCUT2D eigenvalue weighted by Crippen LogP contribution is -2.00. The number of carboxylic acid groups (broad SMARTS) is 1. The van der Waals surface area contributed by atoms with Crippen molar-refractivity contribution in [3.8, 4) is 0 Å². The first-order valence-corrected chi connectivity index (χ1v) is 9.86. The number of carboxylic acids is 1. The van der Waals surface area contributed by atoms with Gasteiger partial charge in [0.2, 0.25) is 0 Å². The molecule has 2 nitrogen and oxygen atoms in total. The van der Waals surface area contributed by atoms with Crippen molar-refractivity contribution >= 4 is 17.6 Å². The van der Waals surface area contributed by atoms with Gasteiger partial charge < -0.3 is 5.11 Å². The highest BCUT2D eigenvalue weighted by Gasteiger charge is 2.14. The monoisotopic (exact) mass is 372 g/mol. The second-order valence-corrected chi connectivity index (χ2v) is 7.41. The van der Waals surface area contributed by atoms with Crippen molar-refractivity contribution in [1.29, 1.82) is 0 Å². The Hall–Kier alpha value is -2.16. The minimum absolute atomic E-state index is 0.295. The van der Waals surface area contributed by atoms with Crippen molar-refractivity contribution in [1.82, 2.24) is 0 Å². The zero-order chi connectivity index (χ0) is 20.4. The van der Waals surface area contributed by atoms with Gasteiger partial charge in [0.15, 0.2) is 0 Å². The van der Waals surface area contributed by atoms with Gasteiger partial charge in [0.05, 0.1) is 0 Å². The van der Waals surface area contributed by atoms with Gasteiger partial charge in [-0.25, -0.2) is 9.18 Å². The highest BCUT2D eigenvalue weighted by atomic mass is 19.1. The molecule has 0 radical (unpaired) electrons. The van der Waals surface area contributed by atoms with Gasteiger partial charge in [-0.3, -0.25) is 0 Å². The summed E-state index contributed by atoms with van der Waals surface area (Å²) < 4.78 is 15.1. The number of rotatable bonds is 10. The van der Waals surface area contributed by atoms with Crippen molar-refractivity contribution in [3.05, 3.63) is 58.4 Å². The number of halogens is 1. The summed E-state index contributed by atoms with van der Waals surface area (Å²) in [5, 5.41) is 8.83. The topological polar surface area (TPSA) is 37.3 Å². The summed E-state index contributed by atoms with van der Waals surface area (Å²) in [5.74, 6) is -0.907. The van der Waals surface area contributed by atoms with E-state index < -0.39 is 5.97 Å². The van der Waals surface area contributed by atoms with Crippen molar-refractivity contribution in [2.24, 2.45) is 5.92 Å². The summed E-state index contributed by atoms with van der Waals surface area (Å²) in [6.07, 6.45) is 9.61. The molecule has 1 unspecified atom stereocenters. The first kappa shape index (κ1) is 22.9. The Morgan fingerprint density at radius 1 is 1.22 bits per heavy atom. The van der Waals surface area contributed by atoms with Crippen LogP contribution in [0.15, 0.2) is 41.5 Å². The molecular formula is C24H33FO2. The van der Waals surface area contributed by atoms with E-state index in [0.717, 1.165) is 43.8 Å². The second kappa shape index (κ2) is 11.5. The molecule has 0 bridgehead atoms. The van der Waals surface area contributed by atoms with Crippen LogP contribution in [-0.2, 0) is 4.79 Å². The summed E-state index contributed by atoms with van der Waals surface area (Å²) >= 11 is 0. The molecule has 0 aromatic heterocycles.